The molecule has 4 rings (SSSR count). The first kappa shape index (κ1) is 16.5. The maximum Gasteiger partial charge on any atom is 0.148 e. The van der Waals surface area contributed by atoms with Gasteiger partial charge in [0.15, 0.2) is 0 Å². The van der Waals surface area contributed by atoms with Crippen LogP contribution in [0.2, 0.25) is 0 Å². The van der Waals surface area contributed by atoms with Crippen LogP contribution >= 0.6 is 0 Å². The Morgan fingerprint density at radius 1 is 1.00 bits per heavy atom. The van der Waals surface area contributed by atoms with Gasteiger partial charge in [-0.1, -0.05) is 30.3 Å². The van der Waals surface area contributed by atoms with E-state index in [9.17, 15) is 4.39 Å². The van der Waals surface area contributed by atoms with Crippen molar-refractivity contribution < 1.29 is 4.39 Å². The molecule has 0 saturated carbocycles. The Bertz CT molecular complexity index is 1060. The molecule has 2 aromatic heterocycles. The Hall–Kier alpha value is -2.99. The van der Waals surface area contributed by atoms with Crippen LogP contribution in [0.4, 0.5) is 4.39 Å². The fourth-order valence-electron chi connectivity index (χ4n) is 3.17. The number of hydrogen-bond acceptors (Lipinski definition) is 3. The van der Waals surface area contributed by atoms with Crippen LogP contribution in [0.3, 0.4) is 0 Å². The molecule has 0 aliphatic rings. The highest BCUT2D eigenvalue weighted by Crippen LogP contribution is 2.18. The van der Waals surface area contributed by atoms with Crippen LogP contribution in [0, 0.1) is 12.7 Å². The Morgan fingerprint density at radius 3 is 2.62 bits per heavy atom. The lowest BCUT2D eigenvalue weighted by molar-refractivity contribution is 0.610. The average Bonchev–Trinajstić information content (AvgIpc) is 3.16. The summed E-state index contributed by atoms with van der Waals surface area (Å²) in [6.07, 6.45) is 1.87. The molecule has 132 valence electrons. The monoisotopic (exact) mass is 349 g/mol. The fourth-order valence-corrected chi connectivity index (χ4v) is 3.17. The minimum Gasteiger partial charge on any atom is -0.307 e. The van der Waals surface area contributed by atoms with Crippen molar-refractivity contribution in [2.75, 3.05) is 0 Å². The minimum atomic E-state index is -0.283. The van der Waals surface area contributed by atoms with Gasteiger partial charge in [-0.3, -0.25) is 4.68 Å². The van der Waals surface area contributed by atoms with Gasteiger partial charge in [0.25, 0.3) is 0 Å². The fraction of sp³-hybridized carbons (Fsp3) is 0.200. The van der Waals surface area contributed by atoms with Crippen molar-refractivity contribution in [1.29, 1.82) is 0 Å². The molecule has 1 N–H and O–H groups in total. The lowest BCUT2D eigenvalue weighted by Gasteiger charge is -2.02. The molecule has 26 heavy (non-hydrogen) atoms. The summed E-state index contributed by atoms with van der Waals surface area (Å²) in [4.78, 5) is 0. The molecule has 0 saturated heterocycles. The highest BCUT2D eigenvalue weighted by molar-refractivity contribution is 5.81. The molecule has 6 heteroatoms. The van der Waals surface area contributed by atoms with Crippen LogP contribution in [0.15, 0.2) is 54.7 Å². The molecule has 4 aromatic rings. The number of hydrogen-bond donors (Lipinski definition) is 1. The number of nitrogens with zero attached hydrogens (tertiary/aromatic N) is 4. The lowest BCUT2D eigenvalue weighted by atomic mass is 10.2. The molecule has 0 spiro atoms. The van der Waals surface area contributed by atoms with Crippen LogP contribution in [-0.4, -0.2) is 19.6 Å². The van der Waals surface area contributed by atoms with E-state index in [2.05, 4.69) is 27.6 Å². The summed E-state index contributed by atoms with van der Waals surface area (Å²) in [5, 5.41) is 13.6. The van der Waals surface area contributed by atoms with E-state index in [-0.39, 0.29) is 5.82 Å². The number of nitrogens with one attached hydrogen (secondary N) is 1. The first-order chi connectivity index (χ1) is 12.6. The Morgan fingerprint density at radius 2 is 1.77 bits per heavy atom. The maximum atomic E-state index is 14.0. The highest BCUT2D eigenvalue weighted by Gasteiger charge is 2.11. The number of rotatable bonds is 5. The molecule has 2 aromatic carbocycles. The van der Waals surface area contributed by atoms with Gasteiger partial charge >= 0.3 is 0 Å². The second-order valence-electron chi connectivity index (χ2n) is 6.33. The zero-order valence-corrected chi connectivity index (χ0v) is 14.8. The van der Waals surface area contributed by atoms with E-state index in [1.807, 2.05) is 37.0 Å². The molecule has 0 aliphatic heterocycles. The number of halogens is 1. The molecular formula is C20H20FN5. The summed E-state index contributed by atoms with van der Waals surface area (Å²) < 4.78 is 17.4. The molecule has 0 radical (unpaired) electrons. The van der Waals surface area contributed by atoms with Gasteiger partial charge in [0.1, 0.15) is 11.5 Å². The predicted octanol–water partition coefficient (Wildman–Crippen LogP) is 3.50. The van der Waals surface area contributed by atoms with E-state index in [4.69, 9.17) is 0 Å². The van der Waals surface area contributed by atoms with E-state index in [1.54, 1.807) is 22.9 Å². The topological polar surface area (TPSA) is 47.7 Å². The molecule has 0 amide bonds. The molecule has 0 aliphatic carbocycles. The Labute approximate surface area is 151 Å². The zero-order valence-electron chi connectivity index (χ0n) is 14.8. The number of aryl methyl sites for hydroxylation is 2. The van der Waals surface area contributed by atoms with Crippen LogP contribution in [-0.2, 0) is 20.1 Å². The highest BCUT2D eigenvalue weighted by atomic mass is 19.1. The van der Waals surface area contributed by atoms with E-state index < -0.39 is 0 Å². The number of fused-ring (bicyclic) bond motifs is 1. The number of para-hydroxylation sites is 2. The summed E-state index contributed by atoms with van der Waals surface area (Å²) in [5.74, 6) is -0.283. The van der Waals surface area contributed by atoms with Gasteiger partial charge in [0, 0.05) is 37.3 Å². The quantitative estimate of drug-likeness (QED) is 0.600. The molecule has 0 atom stereocenters. The molecule has 0 unspecified atom stereocenters. The third-order valence-corrected chi connectivity index (χ3v) is 4.54. The van der Waals surface area contributed by atoms with Crippen molar-refractivity contribution in [1.82, 2.24) is 24.9 Å². The van der Waals surface area contributed by atoms with Crippen molar-refractivity contribution in [3.63, 3.8) is 0 Å². The third kappa shape index (κ3) is 2.99. The summed E-state index contributed by atoms with van der Waals surface area (Å²) >= 11 is 0. The zero-order chi connectivity index (χ0) is 18.1. The van der Waals surface area contributed by atoms with E-state index in [0.717, 1.165) is 27.9 Å². The second kappa shape index (κ2) is 6.72. The summed E-state index contributed by atoms with van der Waals surface area (Å²) in [5.41, 5.74) is 4.51. The van der Waals surface area contributed by atoms with Gasteiger partial charge in [0.2, 0.25) is 0 Å². The smallest absolute Gasteiger partial charge is 0.148 e. The normalized spacial score (nSPS) is 11.3. The Balaban J connectivity index is 1.49. The predicted molar refractivity (Wildman–Crippen MR) is 99.5 cm³/mol. The first-order valence-corrected chi connectivity index (χ1v) is 8.55. The Kier molecular flexibility index (Phi) is 4.26. The van der Waals surface area contributed by atoms with Crippen LogP contribution < -0.4 is 5.32 Å². The van der Waals surface area contributed by atoms with Crippen LogP contribution in [0.5, 0.6) is 0 Å². The third-order valence-electron chi connectivity index (χ3n) is 4.54. The number of aromatic nitrogens is 4. The van der Waals surface area contributed by atoms with E-state index >= 15 is 0 Å². The molecule has 2 heterocycles. The van der Waals surface area contributed by atoms with Gasteiger partial charge in [-0.25, -0.2) is 9.07 Å². The standard InChI is InChI=1S/C20H20FN5/c1-14-15(13-26(23-14)20-10-6-4-8-17(20)21)11-22-12-18-16-7-3-5-9-19(16)25(2)24-18/h3-10,13,22H,11-12H2,1-2H3. The molecule has 0 fully saturated rings. The second-order valence-corrected chi connectivity index (χ2v) is 6.33. The van der Waals surface area contributed by atoms with Crippen LogP contribution in [0.25, 0.3) is 16.6 Å². The summed E-state index contributed by atoms with van der Waals surface area (Å²) in [7, 11) is 1.95. The maximum absolute atomic E-state index is 14.0. The van der Waals surface area contributed by atoms with Gasteiger partial charge in [-0.05, 0) is 25.1 Å². The minimum absolute atomic E-state index is 0.283. The van der Waals surface area contributed by atoms with Gasteiger partial charge in [0.05, 0.1) is 16.9 Å². The van der Waals surface area contributed by atoms with Crippen molar-refractivity contribution in [3.8, 4) is 5.69 Å². The first-order valence-electron chi connectivity index (χ1n) is 8.55. The van der Waals surface area contributed by atoms with Crippen molar-refractivity contribution in [3.05, 3.63) is 77.5 Å². The molecule has 0 bridgehead atoms. The average molecular weight is 349 g/mol. The molecule has 5 nitrogen and oxygen atoms in total. The largest absolute Gasteiger partial charge is 0.307 e. The van der Waals surface area contributed by atoms with E-state index in [1.165, 1.54) is 6.07 Å². The van der Waals surface area contributed by atoms with Crippen molar-refractivity contribution in [2.45, 2.75) is 20.0 Å². The van der Waals surface area contributed by atoms with Gasteiger partial charge < -0.3 is 5.32 Å². The summed E-state index contributed by atoms with van der Waals surface area (Å²) in [6.45, 7) is 3.24. The van der Waals surface area contributed by atoms with Crippen molar-refractivity contribution >= 4 is 10.9 Å². The van der Waals surface area contributed by atoms with Gasteiger partial charge in [-0.2, -0.15) is 10.2 Å². The summed E-state index contributed by atoms with van der Waals surface area (Å²) in [6, 6.07) is 14.8. The SMILES string of the molecule is Cc1nn(-c2ccccc2F)cc1CNCc1nn(C)c2ccccc12. The van der Waals surface area contributed by atoms with Gasteiger partial charge in [-0.15, -0.1) is 0 Å². The van der Waals surface area contributed by atoms with E-state index in [0.29, 0.717) is 18.8 Å². The number of benzene rings is 2. The van der Waals surface area contributed by atoms with Crippen LogP contribution in [0.1, 0.15) is 17.0 Å². The van der Waals surface area contributed by atoms with Crippen molar-refractivity contribution in [2.24, 2.45) is 7.05 Å². The molecular weight excluding hydrogens is 329 g/mol. The lowest BCUT2D eigenvalue weighted by Crippen LogP contribution is -2.13.